The van der Waals surface area contributed by atoms with Crippen molar-refractivity contribution in [3.8, 4) is 0 Å². The molecule has 1 nitrogen and oxygen atoms in total. The summed E-state index contributed by atoms with van der Waals surface area (Å²) in [5.74, 6) is 7.93. The fourth-order valence-electron chi connectivity index (χ4n) is 8.85. The molecule has 4 rings (SSSR count). The van der Waals surface area contributed by atoms with E-state index in [1.54, 1.807) is 19.3 Å². The molecule has 0 radical (unpaired) electrons. The fraction of sp³-hybridized carbons (Fsp3) is 1.00. The van der Waals surface area contributed by atoms with Gasteiger partial charge in [-0.15, -0.1) is 0 Å². The SMILES string of the molecule is C[C@H]1CC[C@@H]2C3CC[C@@]4(C)C(CC[C@@H]4[C@H](C)CCC(C)(C)O)C3CC[C@H]2C1. The van der Waals surface area contributed by atoms with Crippen LogP contribution in [0.1, 0.15) is 105 Å². The van der Waals surface area contributed by atoms with Crippen LogP contribution < -0.4 is 0 Å². The Hall–Kier alpha value is -0.0400. The van der Waals surface area contributed by atoms with Gasteiger partial charge >= 0.3 is 0 Å². The second-order valence-corrected chi connectivity index (χ2v) is 12.4. The summed E-state index contributed by atoms with van der Waals surface area (Å²) in [5.41, 5.74) is 0.0936. The van der Waals surface area contributed by atoms with Gasteiger partial charge in [0.15, 0.2) is 0 Å². The van der Waals surface area contributed by atoms with Crippen LogP contribution in [-0.4, -0.2) is 10.7 Å². The summed E-state index contributed by atoms with van der Waals surface area (Å²) in [6, 6.07) is 0. The second-order valence-electron chi connectivity index (χ2n) is 12.4. The topological polar surface area (TPSA) is 20.2 Å². The fourth-order valence-corrected chi connectivity index (χ4v) is 8.85. The van der Waals surface area contributed by atoms with Gasteiger partial charge in [-0.3, -0.25) is 0 Å². The van der Waals surface area contributed by atoms with E-state index in [1.165, 1.54) is 44.9 Å². The van der Waals surface area contributed by atoms with Crippen molar-refractivity contribution >= 4 is 0 Å². The van der Waals surface area contributed by atoms with Crippen molar-refractivity contribution in [2.24, 2.45) is 52.8 Å². The monoisotopic (exact) mass is 374 g/mol. The van der Waals surface area contributed by atoms with Crippen LogP contribution in [0.3, 0.4) is 0 Å². The van der Waals surface area contributed by atoms with Crippen LogP contribution in [0.15, 0.2) is 0 Å². The number of aliphatic hydroxyl groups is 1. The van der Waals surface area contributed by atoms with Crippen LogP contribution in [0.2, 0.25) is 0 Å². The van der Waals surface area contributed by atoms with Crippen LogP contribution in [0, 0.1) is 52.8 Å². The van der Waals surface area contributed by atoms with Gasteiger partial charge in [-0.1, -0.05) is 27.2 Å². The van der Waals surface area contributed by atoms with Crippen molar-refractivity contribution in [2.45, 2.75) is 111 Å². The van der Waals surface area contributed by atoms with Crippen molar-refractivity contribution in [3.05, 3.63) is 0 Å². The highest BCUT2D eigenvalue weighted by Crippen LogP contribution is 2.65. The molecule has 4 fully saturated rings. The van der Waals surface area contributed by atoms with E-state index in [4.69, 9.17) is 0 Å². The maximum absolute atomic E-state index is 10.2. The summed E-state index contributed by atoms with van der Waals surface area (Å²) >= 11 is 0. The minimum Gasteiger partial charge on any atom is -0.390 e. The predicted molar refractivity (Wildman–Crippen MR) is 114 cm³/mol. The quantitative estimate of drug-likeness (QED) is 0.557. The highest BCUT2D eigenvalue weighted by Gasteiger charge is 2.57. The minimum atomic E-state index is -0.499. The zero-order chi connectivity index (χ0) is 19.4. The molecule has 0 aromatic rings. The molecule has 3 unspecified atom stereocenters. The Labute approximate surface area is 169 Å². The zero-order valence-corrected chi connectivity index (χ0v) is 18.8. The first-order chi connectivity index (χ1) is 12.7. The van der Waals surface area contributed by atoms with E-state index in [9.17, 15) is 5.11 Å². The van der Waals surface area contributed by atoms with Crippen LogP contribution in [0.25, 0.3) is 0 Å². The van der Waals surface area contributed by atoms with Gasteiger partial charge < -0.3 is 5.11 Å². The molecule has 4 aliphatic carbocycles. The van der Waals surface area contributed by atoms with Crippen molar-refractivity contribution in [1.29, 1.82) is 0 Å². The smallest absolute Gasteiger partial charge is 0.0591 e. The van der Waals surface area contributed by atoms with Crippen LogP contribution in [0.4, 0.5) is 0 Å². The van der Waals surface area contributed by atoms with E-state index in [2.05, 4.69) is 20.8 Å². The van der Waals surface area contributed by atoms with Crippen molar-refractivity contribution in [1.82, 2.24) is 0 Å². The van der Waals surface area contributed by atoms with Crippen molar-refractivity contribution < 1.29 is 5.11 Å². The third-order valence-corrected chi connectivity index (χ3v) is 10.2. The normalized spacial score (nSPS) is 48.4. The molecule has 0 aliphatic heterocycles. The van der Waals surface area contributed by atoms with E-state index in [-0.39, 0.29) is 0 Å². The molecule has 0 heterocycles. The van der Waals surface area contributed by atoms with E-state index in [0.717, 1.165) is 53.8 Å². The Balaban J connectivity index is 1.45. The zero-order valence-electron chi connectivity index (χ0n) is 18.8. The molecule has 0 amide bonds. The molecule has 0 spiro atoms. The average Bonchev–Trinajstić information content (AvgIpc) is 2.96. The van der Waals surface area contributed by atoms with Crippen LogP contribution >= 0.6 is 0 Å². The maximum atomic E-state index is 10.2. The van der Waals surface area contributed by atoms with Gasteiger partial charge in [-0.25, -0.2) is 0 Å². The van der Waals surface area contributed by atoms with E-state index >= 15 is 0 Å². The molecule has 27 heavy (non-hydrogen) atoms. The highest BCUT2D eigenvalue weighted by molar-refractivity contribution is 5.06. The van der Waals surface area contributed by atoms with Crippen molar-refractivity contribution in [2.75, 3.05) is 0 Å². The number of fused-ring (bicyclic) bond motifs is 5. The summed E-state index contributed by atoms with van der Waals surface area (Å²) in [7, 11) is 0. The lowest BCUT2D eigenvalue weighted by Crippen LogP contribution is -2.49. The Kier molecular flexibility index (Phi) is 5.50. The largest absolute Gasteiger partial charge is 0.390 e. The summed E-state index contributed by atoms with van der Waals surface area (Å²) in [5, 5.41) is 10.2. The van der Waals surface area contributed by atoms with Gasteiger partial charge in [0.05, 0.1) is 5.60 Å². The predicted octanol–water partition coefficient (Wildman–Crippen LogP) is 7.08. The van der Waals surface area contributed by atoms with E-state index < -0.39 is 5.60 Å². The molecule has 0 aromatic carbocycles. The summed E-state index contributed by atoms with van der Waals surface area (Å²) in [4.78, 5) is 0. The van der Waals surface area contributed by atoms with Gasteiger partial charge in [0, 0.05) is 0 Å². The summed E-state index contributed by atoms with van der Waals surface area (Å²) < 4.78 is 0. The Morgan fingerprint density at radius 3 is 2.44 bits per heavy atom. The molecule has 0 saturated heterocycles. The molecule has 9 atom stereocenters. The number of rotatable bonds is 4. The first-order valence-corrected chi connectivity index (χ1v) is 12.4. The molecular weight excluding hydrogens is 328 g/mol. The third kappa shape index (κ3) is 3.76. The highest BCUT2D eigenvalue weighted by atomic mass is 16.3. The Morgan fingerprint density at radius 2 is 1.70 bits per heavy atom. The average molecular weight is 375 g/mol. The lowest BCUT2D eigenvalue weighted by atomic mass is 9.48. The molecule has 0 aromatic heterocycles. The second kappa shape index (κ2) is 7.33. The molecule has 156 valence electrons. The Morgan fingerprint density at radius 1 is 0.963 bits per heavy atom. The van der Waals surface area contributed by atoms with E-state index in [1.807, 2.05) is 13.8 Å². The Bertz CT molecular complexity index is 519. The number of hydrogen-bond donors (Lipinski definition) is 1. The molecule has 4 aliphatic rings. The summed E-state index contributed by atoms with van der Waals surface area (Å²) in [6.45, 7) is 11.6. The van der Waals surface area contributed by atoms with Crippen LogP contribution in [-0.2, 0) is 0 Å². The molecule has 0 bridgehead atoms. The van der Waals surface area contributed by atoms with Crippen molar-refractivity contribution in [3.63, 3.8) is 0 Å². The molecule has 1 N–H and O–H groups in total. The molecule has 1 heteroatoms. The third-order valence-electron chi connectivity index (χ3n) is 10.2. The maximum Gasteiger partial charge on any atom is 0.0591 e. The van der Waals surface area contributed by atoms with Gasteiger partial charge in [0.25, 0.3) is 0 Å². The number of hydrogen-bond acceptors (Lipinski definition) is 1. The standard InChI is InChI=1S/C26H46O/c1-17-6-8-20-19(16-17)7-9-22-21(20)13-15-26(5)23(10-11-24(22)26)18(2)12-14-25(3,4)27/h17-24,27H,6-16H2,1-5H3/t17-,18+,19-,20-,21?,22?,23+,24?,26+/m0/s1. The van der Waals surface area contributed by atoms with E-state index in [0.29, 0.717) is 5.41 Å². The first kappa shape index (κ1) is 20.2. The molecule has 4 saturated carbocycles. The lowest BCUT2D eigenvalue weighted by molar-refractivity contribution is -0.0741. The van der Waals surface area contributed by atoms with Crippen LogP contribution in [0.5, 0.6) is 0 Å². The van der Waals surface area contributed by atoms with Gasteiger partial charge in [0.2, 0.25) is 0 Å². The van der Waals surface area contributed by atoms with Gasteiger partial charge in [-0.05, 0) is 131 Å². The molecular formula is C26H46O. The van der Waals surface area contributed by atoms with Gasteiger partial charge in [-0.2, -0.15) is 0 Å². The minimum absolute atomic E-state index is 0.499. The summed E-state index contributed by atoms with van der Waals surface area (Å²) in [6.07, 6.45) is 15.8. The first-order valence-electron chi connectivity index (χ1n) is 12.4. The van der Waals surface area contributed by atoms with Gasteiger partial charge in [0.1, 0.15) is 0 Å². The lowest BCUT2D eigenvalue weighted by Gasteiger charge is -2.56.